The number of carbonyl (C=O) groups is 3. The van der Waals surface area contributed by atoms with E-state index in [2.05, 4.69) is 5.92 Å². The van der Waals surface area contributed by atoms with E-state index in [9.17, 15) is 19.5 Å². The van der Waals surface area contributed by atoms with Gasteiger partial charge in [-0.3, -0.25) is 14.4 Å². The summed E-state index contributed by atoms with van der Waals surface area (Å²) in [6.07, 6.45) is 9.01. The maximum absolute atomic E-state index is 13.1. The van der Waals surface area contributed by atoms with Gasteiger partial charge in [0.25, 0.3) is 0 Å². The number of ether oxygens (including phenoxy) is 1. The minimum absolute atomic E-state index is 0.0337. The third-order valence-electron chi connectivity index (χ3n) is 6.15. The first-order valence-electron chi connectivity index (χ1n) is 10.7. The highest BCUT2D eigenvalue weighted by Crippen LogP contribution is 2.49. The number of rotatable bonds is 6. The lowest BCUT2D eigenvalue weighted by Gasteiger charge is -2.44. The number of nitrogens with zero attached hydrogens (tertiary/aromatic N) is 1. The third kappa shape index (κ3) is 4.00. The van der Waals surface area contributed by atoms with Crippen LogP contribution in [-0.4, -0.2) is 40.7 Å². The number of hydrogen-bond donors (Lipinski definition) is 1. The molecule has 6 nitrogen and oxygen atoms in total. The van der Waals surface area contributed by atoms with E-state index in [1.54, 1.807) is 6.07 Å². The highest BCUT2D eigenvalue weighted by atomic mass is 16.5. The molecule has 0 aromatic heterocycles. The van der Waals surface area contributed by atoms with Crippen LogP contribution in [0, 0.1) is 12.3 Å². The molecule has 31 heavy (non-hydrogen) atoms. The number of terminal acetylenes is 1. The van der Waals surface area contributed by atoms with Gasteiger partial charge in [-0.05, 0) is 43.4 Å². The van der Waals surface area contributed by atoms with Crippen molar-refractivity contribution in [2.24, 2.45) is 0 Å². The smallest absolute Gasteiger partial charge is 0.305 e. The van der Waals surface area contributed by atoms with Crippen LogP contribution in [-0.2, 0) is 14.4 Å². The van der Waals surface area contributed by atoms with E-state index in [1.807, 2.05) is 23.1 Å². The Bertz CT molecular complexity index is 998. The molecule has 3 aliphatic rings. The van der Waals surface area contributed by atoms with Crippen LogP contribution >= 0.6 is 0 Å². The van der Waals surface area contributed by atoms with Crippen LogP contribution in [0.1, 0.15) is 56.4 Å². The van der Waals surface area contributed by atoms with Crippen LogP contribution < -0.4 is 4.74 Å². The topological polar surface area (TPSA) is 83.9 Å². The molecule has 0 fully saturated rings. The quantitative estimate of drug-likeness (QED) is 0.710. The number of carboxylic acids is 1. The van der Waals surface area contributed by atoms with Crippen molar-refractivity contribution in [2.75, 3.05) is 13.2 Å². The van der Waals surface area contributed by atoms with Gasteiger partial charge in [0.15, 0.2) is 11.6 Å². The molecule has 0 spiro atoms. The predicted octanol–water partition coefficient (Wildman–Crippen LogP) is 3.59. The number of benzene rings is 1. The van der Waals surface area contributed by atoms with Crippen LogP contribution in [0.25, 0.3) is 0 Å². The molecule has 0 saturated heterocycles. The molecule has 1 aromatic rings. The first kappa shape index (κ1) is 20.9. The van der Waals surface area contributed by atoms with E-state index in [1.165, 1.54) is 0 Å². The summed E-state index contributed by atoms with van der Waals surface area (Å²) in [4.78, 5) is 39.5. The Labute approximate surface area is 181 Å². The van der Waals surface area contributed by atoms with Gasteiger partial charge in [0.05, 0.1) is 6.42 Å². The van der Waals surface area contributed by atoms with Gasteiger partial charge in [-0.15, -0.1) is 6.42 Å². The summed E-state index contributed by atoms with van der Waals surface area (Å²) >= 11 is 0. The molecular weight excluding hydrogens is 394 g/mol. The highest BCUT2D eigenvalue weighted by molar-refractivity contribution is 6.06. The summed E-state index contributed by atoms with van der Waals surface area (Å²) in [5, 5.41) is 9.25. The first-order chi connectivity index (χ1) is 15.0. The van der Waals surface area contributed by atoms with Crippen molar-refractivity contribution in [1.82, 2.24) is 4.90 Å². The number of Topliss-reactive ketones (excluding diaryl/α,β-unsaturated/α-hetero) is 2. The van der Waals surface area contributed by atoms with E-state index in [-0.39, 0.29) is 31.1 Å². The first-order valence-corrected chi connectivity index (χ1v) is 10.7. The van der Waals surface area contributed by atoms with Crippen LogP contribution in [0.2, 0.25) is 0 Å². The lowest BCUT2D eigenvalue weighted by molar-refractivity contribution is -0.137. The zero-order valence-electron chi connectivity index (χ0n) is 17.4. The fraction of sp³-hybridized carbons (Fsp3) is 0.400. The molecule has 0 unspecified atom stereocenters. The molecule has 1 N–H and O–H groups in total. The van der Waals surface area contributed by atoms with Crippen LogP contribution in [0.4, 0.5) is 0 Å². The van der Waals surface area contributed by atoms with Crippen LogP contribution in [0.15, 0.2) is 46.8 Å². The molecule has 0 bridgehead atoms. The van der Waals surface area contributed by atoms with Gasteiger partial charge >= 0.3 is 5.97 Å². The number of carboxylic acid groups (broad SMARTS) is 1. The van der Waals surface area contributed by atoms with Gasteiger partial charge < -0.3 is 14.7 Å². The second-order valence-electron chi connectivity index (χ2n) is 8.07. The second-order valence-corrected chi connectivity index (χ2v) is 8.07. The maximum atomic E-state index is 13.1. The molecule has 2 aliphatic carbocycles. The molecule has 1 aliphatic heterocycles. The van der Waals surface area contributed by atoms with Crippen LogP contribution in [0.3, 0.4) is 0 Å². The average molecular weight is 419 g/mol. The van der Waals surface area contributed by atoms with E-state index in [0.717, 1.165) is 29.8 Å². The van der Waals surface area contributed by atoms with E-state index < -0.39 is 11.9 Å². The van der Waals surface area contributed by atoms with E-state index in [4.69, 9.17) is 11.2 Å². The Morgan fingerprint density at radius 2 is 1.74 bits per heavy atom. The molecule has 4 rings (SSSR count). The SMILES string of the molecule is C#CCOc1cccc(C2C3=C(CCCC3=O)N(CCC(=O)O)C3=C2C(=O)CCC3)c1. The Morgan fingerprint density at radius 1 is 1.10 bits per heavy atom. The van der Waals surface area contributed by atoms with Gasteiger partial charge in [-0.25, -0.2) is 0 Å². The number of carbonyl (C=O) groups excluding carboxylic acids is 2. The molecule has 0 saturated carbocycles. The average Bonchev–Trinajstić information content (AvgIpc) is 2.76. The summed E-state index contributed by atoms with van der Waals surface area (Å²) in [5.74, 6) is 1.77. The van der Waals surface area contributed by atoms with Crippen molar-refractivity contribution in [3.63, 3.8) is 0 Å². The Hall–Kier alpha value is -3.33. The molecule has 0 radical (unpaired) electrons. The molecule has 6 heteroatoms. The standard InChI is InChI=1S/C25H25NO5/c1-2-14-31-17-7-3-6-16(15-17)23-24-18(8-4-10-20(24)27)26(13-12-22(29)30)19-9-5-11-21(28)25(19)23/h1,3,6-7,15,23H,4-5,8-14H2,(H,29,30). The number of hydrogen-bond acceptors (Lipinski definition) is 5. The molecular formula is C25H25NO5. The molecule has 1 aromatic carbocycles. The number of ketones is 2. The Kier molecular flexibility index (Phi) is 5.94. The minimum atomic E-state index is -0.894. The summed E-state index contributed by atoms with van der Waals surface area (Å²) < 4.78 is 5.58. The maximum Gasteiger partial charge on any atom is 0.305 e. The van der Waals surface area contributed by atoms with E-state index in [0.29, 0.717) is 42.6 Å². The van der Waals surface area contributed by atoms with Crippen molar-refractivity contribution < 1.29 is 24.2 Å². The van der Waals surface area contributed by atoms with Gasteiger partial charge in [-0.1, -0.05) is 18.1 Å². The predicted molar refractivity (Wildman–Crippen MR) is 114 cm³/mol. The molecule has 0 amide bonds. The summed E-state index contributed by atoms with van der Waals surface area (Å²) in [7, 11) is 0. The molecule has 160 valence electrons. The normalized spacial score (nSPS) is 19.1. The second kappa shape index (κ2) is 8.81. The molecule has 0 atom stereocenters. The lowest BCUT2D eigenvalue weighted by Crippen LogP contribution is -2.39. The summed E-state index contributed by atoms with van der Waals surface area (Å²) in [6, 6.07) is 7.42. The summed E-state index contributed by atoms with van der Waals surface area (Å²) in [5.41, 5.74) is 3.87. The van der Waals surface area contributed by atoms with Crippen molar-refractivity contribution in [3.05, 3.63) is 52.4 Å². The van der Waals surface area contributed by atoms with Crippen molar-refractivity contribution in [3.8, 4) is 18.1 Å². The van der Waals surface area contributed by atoms with Gasteiger partial charge in [-0.2, -0.15) is 0 Å². The van der Waals surface area contributed by atoms with Gasteiger partial charge in [0, 0.05) is 47.8 Å². The van der Waals surface area contributed by atoms with Crippen LogP contribution in [0.5, 0.6) is 5.75 Å². The Balaban J connectivity index is 1.86. The van der Waals surface area contributed by atoms with Gasteiger partial charge in [0.1, 0.15) is 12.4 Å². The highest BCUT2D eigenvalue weighted by Gasteiger charge is 2.43. The number of allylic oxidation sites excluding steroid dienone is 4. The Morgan fingerprint density at radius 3 is 2.32 bits per heavy atom. The zero-order chi connectivity index (χ0) is 22.0. The monoisotopic (exact) mass is 419 g/mol. The zero-order valence-corrected chi connectivity index (χ0v) is 17.4. The molecule has 1 heterocycles. The minimum Gasteiger partial charge on any atom is -0.481 e. The summed E-state index contributed by atoms with van der Waals surface area (Å²) in [6.45, 7) is 0.405. The number of aliphatic carboxylic acids is 1. The van der Waals surface area contributed by atoms with Crippen molar-refractivity contribution >= 4 is 17.5 Å². The van der Waals surface area contributed by atoms with E-state index >= 15 is 0 Å². The third-order valence-corrected chi connectivity index (χ3v) is 6.15. The van der Waals surface area contributed by atoms with Gasteiger partial charge in [0.2, 0.25) is 0 Å². The lowest BCUT2D eigenvalue weighted by atomic mass is 9.71. The van der Waals surface area contributed by atoms with Crippen molar-refractivity contribution in [1.29, 1.82) is 0 Å². The largest absolute Gasteiger partial charge is 0.481 e. The fourth-order valence-corrected chi connectivity index (χ4v) is 4.94. The fourth-order valence-electron chi connectivity index (χ4n) is 4.94. The van der Waals surface area contributed by atoms with Crippen molar-refractivity contribution in [2.45, 2.75) is 50.9 Å².